The highest BCUT2D eigenvalue weighted by Crippen LogP contribution is 2.08. The molecule has 0 bridgehead atoms. The Balaban J connectivity index is 3.86. The monoisotopic (exact) mass is 174 g/mol. The van der Waals surface area contributed by atoms with Gasteiger partial charge in [-0.1, -0.05) is 0 Å². The lowest BCUT2D eigenvalue weighted by Crippen LogP contribution is -2.39. The summed E-state index contributed by atoms with van der Waals surface area (Å²) in [6, 6.07) is 0. The van der Waals surface area contributed by atoms with Crippen molar-refractivity contribution in [3.8, 4) is 5.88 Å². The molecular weight excluding hydrogens is 168 g/mol. The number of aromatic nitrogens is 2. The molecule has 0 saturated heterocycles. The predicted molar refractivity (Wildman–Crippen MR) is 35.0 cm³/mol. The fraction of sp³-hybridized carbons (Fsp3) is 0. The number of hydrogen-bond donors (Lipinski definition) is 5. The van der Waals surface area contributed by atoms with Gasteiger partial charge in [-0.15, -0.1) is 9.46 Å². The van der Waals surface area contributed by atoms with Crippen LogP contribution in [-0.2, 0) is 0 Å². The second kappa shape index (κ2) is 2.19. The second-order valence-electron chi connectivity index (χ2n) is 1.99. The van der Waals surface area contributed by atoms with Gasteiger partial charge in [0.2, 0.25) is 0 Å². The predicted octanol–water partition coefficient (Wildman–Crippen LogP) is -2.11. The van der Waals surface area contributed by atoms with Gasteiger partial charge in [0.25, 0.3) is 11.5 Å². The third-order valence-corrected chi connectivity index (χ3v) is 1.27. The highest BCUT2D eigenvalue weighted by molar-refractivity contribution is 5.44. The molecule has 0 aliphatic heterocycles. The van der Waals surface area contributed by atoms with Gasteiger partial charge in [0.15, 0.2) is 5.69 Å². The van der Waals surface area contributed by atoms with Crippen molar-refractivity contribution in [3.63, 3.8) is 0 Å². The van der Waals surface area contributed by atoms with Gasteiger partial charge in [-0.05, 0) is 0 Å². The quantitative estimate of drug-likeness (QED) is 0.286. The minimum Gasteiger partial charge on any atom is -0.491 e. The molecular formula is C4H6N4O4. The van der Waals surface area contributed by atoms with Crippen LogP contribution in [0.4, 0.5) is 5.69 Å². The second-order valence-corrected chi connectivity index (χ2v) is 1.99. The maximum absolute atomic E-state index is 10.7. The zero-order valence-electron chi connectivity index (χ0n) is 5.72. The van der Waals surface area contributed by atoms with Gasteiger partial charge in [0, 0.05) is 0 Å². The number of nitrogens with zero attached hydrogens (tertiary/aromatic N) is 2. The molecule has 0 aliphatic carbocycles. The van der Waals surface area contributed by atoms with Crippen molar-refractivity contribution < 1.29 is 15.5 Å². The molecule has 1 heterocycles. The van der Waals surface area contributed by atoms with Crippen LogP contribution in [0.15, 0.2) is 4.79 Å². The summed E-state index contributed by atoms with van der Waals surface area (Å²) in [5.41, 5.74) is 2.05. The molecule has 0 spiro atoms. The van der Waals surface area contributed by atoms with Crippen molar-refractivity contribution in [2.24, 2.45) is 0 Å². The summed E-state index contributed by atoms with van der Waals surface area (Å²) in [6.07, 6.45) is 0. The number of hydrogen-bond acceptors (Lipinski definition) is 6. The van der Waals surface area contributed by atoms with Gasteiger partial charge in [0.05, 0.1) is 0 Å². The number of aromatic hydroxyl groups is 1. The van der Waals surface area contributed by atoms with Gasteiger partial charge in [0.1, 0.15) is 0 Å². The van der Waals surface area contributed by atoms with Crippen LogP contribution in [-0.4, -0.2) is 25.0 Å². The average molecular weight is 174 g/mol. The molecule has 0 saturated carbocycles. The Hall–Kier alpha value is -2.12. The van der Waals surface area contributed by atoms with Crippen LogP contribution < -0.4 is 16.9 Å². The Morgan fingerprint density at radius 1 is 1.33 bits per heavy atom. The molecule has 8 heteroatoms. The number of nitrogens with one attached hydrogen (secondary N) is 1. The Kier molecular flexibility index (Phi) is 1.45. The van der Waals surface area contributed by atoms with E-state index in [0.717, 1.165) is 0 Å². The molecule has 0 amide bonds. The van der Waals surface area contributed by atoms with Crippen LogP contribution in [0.5, 0.6) is 5.88 Å². The Morgan fingerprint density at radius 3 is 2.33 bits per heavy atom. The van der Waals surface area contributed by atoms with E-state index in [1.807, 2.05) is 0 Å². The molecule has 0 fully saturated rings. The molecule has 1 rings (SSSR count). The van der Waals surface area contributed by atoms with Gasteiger partial charge in [-0.2, -0.15) is 0 Å². The molecule has 0 radical (unpaired) electrons. The first-order chi connectivity index (χ1) is 5.46. The van der Waals surface area contributed by atoms with E-state index in [4.69, 9.17) is 26.7 Å². The summed E-state index contributed by atoms with van der Waals surface area (Å²) in [6.45, 7) is 0. The van der Waals surface area contributed by atoms with Crippen LogP contribution in [0, 0.1) is 5.41 Å². The lowest BCUT2D eigenvalue weighted by atomic mass is 10.5. The third-order valence-electron chi connectivity index (χ3n) is 1.27. The van der Waals surface area contributed by atoms with E-state index in [1.54, 1.807) is 0 Å². The smallest absolute Gasteiger partial charge is 0.315 e. The van der Waals surface area contributed by atoms with E-state index in [-0.39, 0.29) is 9.46 Å². The standard InChI is InChI=1S/C4H6N4O4/c5-1-2(9)7(11)4(6)8(12)3(1)10/h6,9,11-12H,5H2. The van der Waals surface area contributed by atoms with Gasteiger partial charge < -0.3 is 21.3 Å². The summed E-state index contributed by atoms with van der Waals surface area (Å²) in [7, 11) is 0. The van der Waals surface area contributed by atoms with Crippen molar-refractivity contribution in [2.45, 2.75) is 0 Å². The SMILES string of the molecule is N=c1n(O)c(O)c(N)c(=O)n1O. The molecule has 1 aromatic heterocycles. The molecule has 0 atom stereocenters. The van der Waals surface area contributed by atoms with Crippen molar-refractivity contribution in [3.05, 3.63) is 16.0 Å². The van der Waals surface area contributed by atoms with E-state index >= 15 is 0 Å². The van der Waals surface area contributed by atoms with Gasteiger partial charge in [-0.3, -0.25) is 10.2 Å². The Labute approximate surface area is 64.8 Å². The summed E-state index contributed by atoms with van der Waals surface area (Å²) in [5, 5.41) is 33.2. The molecule has 1 aromatic rings. The van der Waals surface area contributed by atoms with Crippen molar-refractivity contribution in [2.75, 3.05) is 5.73 Å². The zero-order valence-corrected chi connectivity index (χ0v) is 5.72. The fourth-order valence-electron chi connectivity index (χ4n) is 0.610. The van der Waals surface area contributed by atoms with E-state index in [2.05, 4.69) is 0 Å². The number of nitrogens with two attached hydrogens (primary N) is 1. The van der Waals surface area contributed by atoms with Gasteiger partial charge >= 0.3 is 5.56 Å². The molecule has 8 nitrogen and oxygen atoms in total. The minimum atomic E-state index is -1.16. The molecule has 0 aromatic carbocycles. The molecule has 0 unspecified atom stereocenters. The molecule has 6 N–H and O–H groups in total. The summed E-state index contributed by atoms with van der Waals surface area (Å²) in [4.78, 5) is 10.7. The molecule has 66 valence electrons. The van der Waals surface area contributed by atoms with E-state index in [0.29, 0.717) is 0 Å². The largest absolute Gasteiger partial charge is 0.491 e. The van der Waals surface area contributed by atoms with Crippen LogP contribution >= 0.6 is 0 Å². The lowest BCUT2D eigenvalue weighted by Gasteiger charge is -2.04. The summed E-state index contributed by atoms with van der Waals surface area (Å²) in [5.74, 6) is -0.977. The highest BCUT2D eigenvalue weighted by atomic mass is 16.5. The normalized spacial score (nSPS) is 10.0. The maximum Gasteiger partial charge on any atom is 0.315 e. The maximum atomic E-state index is 10.7. The Morgan fingerprint density at radius 2 is 1.83 bits per heavy atom. The van der Waals surface area contributed by atoms with Crippen molar-refractivity contribution >= 4 is 5.69 Å². The van der Waals surface area contributed by atoms with Crippen molar-refractivity contribution in [1.82, 2.24) is 9.46 Å². The van der Waals surface area contributed by atoms with Crippen LogP contribution in [0.3, 0.4) is 0 Å². The average Bonchev–Trinajstić information content (AvgIpc) is 2.08. The van der Waals surface area contributed by atoms with Crippen molar-refractivity contribution in [1.29, 1.82) is 5.41 Å². The van der Waals surface area contributed by atoms with Crippen LogP contribution in [0.2, 0.25) is 0 Å². The fourth-order valence-corrected chi connectivity index (χ4v) is 0.610. The van der Waals surface area contributed by atoms with E-state index in [1.165, 1.54) is 0 Å². The first kappa shape index (κ1) is 7.98. The zero-order chi connectivity index (χ0) is 9.46. The highest BCUT2D eigenvalue weighted by Gasteiger charge is 2.12. The van der Waals surface area contributed by atoms with E-state index < -0.39 is 22.7 Å². The number of anilines is 1. The third kappa shape index (κ3) is 0.779. The minimum absolute atomic E-state index is 0.128. The first-order valence-electron chi connectivity index (χ1n) is 2.76. The van der Waals surface area contributed by atoms with E-state index in [9.17, 15) is 4.79 Å². The lowest BCUT2D eigenvalue weighted by molar-refractivity contribution is 0.0805. The Bertz CT molecular complexity index is 393. The summed E-state index contributed by atoms with van der Waals surface area (Å²) >= 11 is 0. The first-order valence-corrected chi connectivity index (χ1v) is 2.76. The van der Waals surface area contributed by atoms with Crippen LogP contribution in [0.1, 0.15) is 0 Å². The van der Waals surface area contributed by atoms with Gasteiger partial charge in [-0.25, -0.2) is 0 Å². The molecule has 0 aliphatic rings. The summed E-state index contributed by atoms with van der Waals surface area (Å²) < 4.78 is -0.328. The molecule has 12 heavy (non-hydrogen) atoms. The topological polar surface area (TPSA) is 137 Å². The number of rotatable bonds is 0. The van der Waals surface area contributed by atoms with Crippen LogP contribution in [0.25, 0.3) is 0 Å². The number of nitrogen functional groups attached to an aromatic ring is 1.